The Bertz CT molecular complexity index is 448. The van der Waals surface area contributed by atoms with Crippen LogP contribution in [0.5, 0.6) is 0 Å². The summed E-state index contributed by atoms with van der Waals surface area (Å²) in [6.45, 7) is 0. The van der Waals surface area contributed by atoms with E-state index in [4.69, 9.17) is 7.65 Å². The van der Waals surface area contributed by atoms with Gasteiger partial charge in [0.1, 0.15) is 0 Å². The van der Waals surface area contributed by atoms with Crippen LogP contribution in [-0.2, 0) is 11.4 Å². The molecule has 0 atom stereocenters. The average Bonchev–Trinajstić information content (AvgIpc) is 2.45. The zero-order chi connectivity index (χ0) is 12.6. The van der Waals surface area contributed by atoms with Crippen molar-refractivity contribution in [3.63, 3.8) is 0 Å². The van der Waals surface area contributed by atoms with Crippen LogP contribution >= 0.6 is 0 Å². The third-order valence-corrected chi connectivity index (χ3v) is 3.18. The molecule has 0 aliphatic rings. The molecule has 0 amide bonds. The summed E-state index contributed by atoms with van der Waals surface area (Å²) < 4.78 is 21.3. The summed E-state index contributed by atoms with van der Waals surface area (Å²) in [4.78, 5) is 0. The van der Waals surface area contributed by atoms with E-state index in [1.54, 1.807) is 24.3 Å². The van der Waals surface area contributed by atoms with Gasteiger partial charge in [0.05, 0.1) is 0 Å². The van der Waals surface area contributed by atoms with Crippen LogP contribution in [0, 0.1) is 0 Å². The standard InChI is InChI=1S/C12H13AsN2O3/c16-13(17-14-11-7-3-1-4-8-11)18-15-12-9-5-2-6-10-12/h1-10,13-15H. The summed E-state index contributed by atoms with van der Waals surface area (Å²) in [6.07, 6.45) is 0. The van der Waals surface area contributed by atoms with Gasteiger partial charge in [0.15, 0.2) is 0 Å². The molecule has 2 aromatic rings. The van der Waals surface area contributed by atoms with E-state index in [-0.39, 0.29) is 0 Å². The Labute approximate surface area is 110 Å². The molecule has 0 spiro atoms. The summed E-state index contributed by atoms with van der Waals surface area (Å²) in [5, 5.41) is 0. The maximum absolute atomic E-state index is 11.5. The molecule has 0 unspecified atom stereocenters. The maximum atomic E-state index is 11.5. The number of nitrogens with one attached hydrogen (secondary N) is 2. The van der Waals surface area contributed by atoms with Gasteiger partial charge in [-0.1, -0.05) is 0 Å². The van der Waals surface area contributed by atoms with Gasteiger partial charge in [-0.15, -0.1) is 0 Å². The van der Waals surface area contributed by atoms with Crippen LogP contribution in [-0.4, -0.2) is 15.3 Å². The molecule has 0 fully saturated rings. The van der Waals surface area contributed by atoms with Gasteiger partial charge < -0.3 is 0 Å². The molecule has 0 aliphatic carbocycles. The van der Waals surface area contributed by atoms with Crippen molar-refractivity contribution in [3.8, 4) is 0 Å². The first kappa shape index (κ1) is 12.8. The Hall–Kier alpha value is -1.68. The van der Waals surface area contributed by atoms with Crippen LogP contribution in [0.1, 0.15) is 0 Å². The summed E-state index contributed by atoms with van der Waals surface area (Å²) in [5.41, 5.74) is 6.60. The predicted molar refractivity (Wildman–Crippen MR) is 70.1 cm³/mol. The number of hydrogen-bond acceptors (Lipinski definition) is 5. The Kier molecular flexibility index (Phi) is 4.90. The van der Waals surface area contributed by atoms with Gasteiger partial charge in [-0.3, -0.25) is 0 Å². The molecule has 18 heavy (non-hydrogen) atoms. The van der Waals surface area contributed by atoms with Crippen molar-refractivity contribution >= 4 is 26.6 Å². The van der Waals surface area contributed by atoms with Crippen molar-refractivity contribution in [2.75, 3.05) is 11.0 Å². The Balaban J connectivity index is 1.73. The summed E-state index contributed by atoms with van der Waals surface area (Å²) >= 11 is -3.28. The first-order valence-corrected chi connectivity index (χ1v) is 7.91. The second kappa shape index (κ2) is 6.91. The summed E-state index contributed by atoms with van der Waals surface area (Å²) in [7, 11) is 0. The zero-order valence-electron chi connectivity index (χ0n) is 9.50. The predicted octanol–water partition coefficient (Wildman–Crippen LogP) is 2.22. The van der Waals surface area contributed by atoms with Crippen LogP contribution in [0.25, 0.3) is 0 Å². The van der Waals surface area contributed by atoms with Crippen LogP contribution < -0.4 is 11.0 Å². The molecular weight excluding hydrogens is 295 g/mol. The molecule has 0 heterocycles. The topological polar surface area (TPSA) is 59.6 Å². The van der Waals surface area contributed by atoms with E-state index < -0.39 is 15.3 Å². The van der Waals surface area contributed by atoms with Crippen LogP contribution in [0.4, 0.5) is 11.4 Å². The van der Waals surface area contributed by atoms with Gasteiger partial charge >= 0.3 is 110 Å². The quantitative estimate of drug-likeness (QED) is 0.633. The average molecular weight is 308 g/mol. The first-order valence-electron chi connectivity index (χ1n) is 5.34. The molecular formula is C12H13AsN2O3. The van der Waals surface area contributed by atoms with Gasteiger partial charge in [0.2, 0.25) is 0 Å². The molecule has 94 valence electrons. The minimum absolute atomic E-state index is 0.724. The van der Waals surface area contributed by atoms with Crippen molar-refractivity contribution in [3.05, 3.63) is 60.7 Å². The normalized spacial score (nSPS) is 10.3. The molecule has 2 aromatic carbocycles. The molecule has 0 aromatic heterocycles. The molecule has 2 N–H and O–H groups in total. The number of para-hydroxylation sites is 2. The van der Waals surface area contributed by atoms with Gasteiger partial charge in [0, 0.05) is 0 Å². The molecule has 0 bridgehead atoms. The second-order valence-corrected chi connectivity index (χ2v) is 5.30. The van der Waals surface area contributed by atoms with Gasteiger partial charge in [0.25, 0.3) is 0 Å². The molecule has 2 rings (SSSR count). The molecule has 0 saturated heterocycles. The second-order valence-electron chi connectivity index (χ2n) is 3.39. The van der Waals surface area contributed by atoms with Crippen LogP contribution in [0.2, 0.25) is 0 Å². The minimum atomic E-state index is -3.28. The van der Waals surface area contributed by atoms with Gasteiger partial charge in [-0.25, -0.2) is 0 Å². The van der Waals surface area contributed by atoms with Crippen molar-refractivity contribution in [1.29, 1.82) is 0 Å². The monoisotopic (exact) mass is 308 g/mol. The first-order chi connectivity index (χ1) is 8.84. The van der Waals surface area contributed by atoms with E-state index >= 15 is 0 Å². The molecule has 0 radical (unpaired) electrons. The third kappa shape index (κ3) is 4.29. The van der Waals surface area contributed by atoms with Crippen LogP contribution in [0.15, 0.2) is 60.7 Å². The van der Waals surface area contributed by atoms with E-state index in [1.807, 2.05) is 36.4 Å². The molecule has 5 nitrogen and oxygen atoms in total. The number of rotatable bonds is 6. The fourth-order valence-corrected chi connectivity index (χ4v) is 2.17. The zero-order valence-corrected chi connectivity index (χ0v) is 11.6. The molecule has 6 heteroatoms. The number of benzene rings is 2. The van der Waals surface area contributed by atoms with E-state index in [0.717, 1.165) is 11.4 Å². The van der Waals surface area contributed by atoms with E-state index in [0.29, 0.717) is 0 Å². The number of anilines is 2. The Morgan fingerprint density at radius 2 is 1.11 bits per heavy atom. The Morgan fingerprint density at radius 3 is 1.50 bits per heavy atom. The Morgan fingerprint density at radius 1 is 0.722 bits per heavy atom. The van der Waals surface area contributed by atoms with Crippen molar-refractivity contribution in [1.82, 2.24) is 0 Å². The fourth-order valence-electron chi connectivity index (χ4n) is 1.23. The number of hydrogen-bond donors (Lipinski definition) is 2. The molecule has 0 saturated carbocycles. The molecule has 0 aliphatic heterocycles. The van der Waals surface area contributed by atoms with Gasteiger partial charge in [-0.2, -0.15) is 0 Å². The van der Waals surface area contributed by atoms with E-state index in [1.165, 1.54) is 0 Å². The van der Waals surface area contributed by atoms with Crippen molar-refractivity contribution < 1.29 is 11.4 Å². The summed E-state index contributed by atoms with van der Waals surface area (Å²) in [5.74, 6) is 0. The summed E-state index contributed by atoms with van der Waals surface area (Å²) in [6, 6.07) is 18.4. The van der Waals surface area contributed by atoms with Crippen molar-refractivity contribution in [2.24, 2.45) is 0 Å². The van der Waals surface area contributed by atoms with Gasteiger partial charge in [-0.05, 0) is 0 Å². The third-order valence-electron chi connectivity index (χ3n) is 2.05. The SMILES string of the molecule is O=[AsH](ONc1ccccc1)ONc1ccccc1. The fraction of sp³-hybridized carbons (Fsp3) is 0. The van der Waals surface area contributed by atoms with Crippen LogP contribution in [0.3, 0.4) is 0 Å². The van der Waals surface area contributed by atoms with E-state index in [2.05, 4.69) is 11.0 Å². The van der Waals surface area contributed by atoms with E-state index in [9.17, 15) is 3.74 Å². The van der Waals surface area contributed by atoms with Crippen molar-refractivity contribution in [2.45, 2.75) is 0 Å².